The average Bonchev–Trinajstić information content (AvgIpc) is 3.04. The smallest absolute Gasteiger partial charge is 0.306 e. The van der Waals surface area contributed by atoms with Crippen molar-refractivity contribution in [2.24, 2.45) is 0 Å². The number of ketones is 1. The van der Waals surface area contributed by atoms with Crippen molar-refractivity contribution in [2.75, 3.05) is 19.8 Å². The van der Waals surface area contributed by atoms with E-state index in [1.807, 2.05) is 98.3 Å². The van der Waals surface area contributed by atoms with Gasteiger partial charge in [0, 0.05) is 97.4 Å². The zero-order valence-corrected chi connectivity index (χ0v) is 42.1. The number of nitrogens with zero attached hydrogens (tertiary/aromatic N) is 3. The fraction of sp³-hybridized carbons (Fsp3) is 0.917. The minimum Gasteiger partial charge on any atom is -0.462 e. The Bertz CT molecular complexity index is 1490. The van der Waals surface area contributed by atoms with Gasteiger partial charge in [0.15, 0.2) is 0 Å². The molecule has 0 aromatic rings. The summed E-state index contributed by atoms with van der Waals surface area (Å²) in [5, 5.41) is 27.5. The van der Waals surface area contributed by atoms with Crippen LogP contribution in [0.2, 0.25) is 0 Å². The summed E-state index contributed by atoms with van der Waals surface area (Å²) in [4.78, 5) is 68.6. The summed E-state index contributed by atoms with van der Waals surface area (Å²) in [6, 6.07) is 0. The van der Waals surface area contributed by atoms with Crippen molar-refractivity contribution in [1.82, 2.24) is 15.2 Å². The van der Waals surface area contributed by atoms with Crippen molar-refractivity contribution in [1.29, 1.82) is 0 Å². The van der Waals surface area contributed by atoms with Gasteiger partial charge < -0.3 is 29.2 Å². The molecular weight excluding hydrogens is 811 g/mol. The zero-order chi connectivity index (χ0) is 48.0. The maximum Gasteiger partial charge on any atom is 0.306 e. The summed E-state index contributed by atoms with van der Waals surface area (Å²) >= 11 is 0. The number of esters is 3. The number of hydroxylamine groups is 6. The molecule has 0 aromatic heterocycles. The van der Waals surface area contributed by atoms with Crippen molar-refractivity contribution >= 4 is 23.7 Å². The van der Waals surface area contributed by atoms with Gasteiger partial charge in [0.25, 0.3) is 0 Å². The van der Waals surface area contributed by atoms with E-state index in [-0.39, 0.29) is 81.1 Å². The third kappa shape index (κ3) is 17.2. The van der Waals surface area contributed by atoms with Gasteiger partial charge in [-0.15, -0.1) is 0 Å². The Labute approximate surface area is 379 Å². The Morgan fingerprint density at radius 3 is 0.937 bits per heavy atom. The molecule has 15 heteroatoms. The molecule has 0 spiro atoms. The SMILES string of the molecule is CC(=O)CCCCC(=O)OC1CC(C)(C)N(OCC(C)(O)CON2C(C)(C)CC(OC(=O)CCCCC(=O)OC3CC(C)(C)N(OCC(C)(C)O)C(C)(C)C3)CC2(C)C)C(C)(C)C1. The van der Waals surface area contributed by atoms with Gasteiger partial charge in [-0.3, -0.25) is 28.9 Å². The van der Waals surface area contributed by atoms with Crippen LogP contribution in [0.15, 0.2) is 0 Å². The highest BCUT2D eigenvalue weighted by atomic mass is 16.7. The Kier molecular flexibility index (Phi) is 18.5. The first-order valence-corrected chi connectivity index (χ1v) is 23.4. The molecule has 15 nitrogen and oxygen atoms in total. The second kappa shape index (κ2) is 21.2. The van der Waals surface area contributed by atoms with E-state index in [1.54, 1.807) is 27.7 Å². The van der Waals surface area contributed by atoms with E-state index in [2.05, 4.69) is 0 Å². The molecule has 63 heavy (non-hydrogen) atoms. The molecule has 0 aromatic carbocycles. The molecule has 2 N–H and O–H groups in total. The first-order chi connectivity index (χ1) is 28.6. The van der Waals surface area contributed by atoms with Crippen LogP contribution >= 0.6 is 0 Å². The molecule has 3 fully saturated rings. The van der Waals surface area contributed by atoms with E-state index in [1.165, 1.54) is 0 Å². The van der Waals surface area contributed by atoms with Crippen molar-refractivity contribution in [3.8, 4) is 0 Å². The van der Waals surface area contributed by atoms with Crippen LogP contribution in [0.1, 0.15) is 201 Å². The summed E-state index contributed by atoms with van der Waals surface area (Å²) in [5.41, 5.74) is -5.24. The molecule has 3 rings (SSSR count). The molecule has 3 heterocycles. The highest BCUT2D eigenvalue weighted by Crippen LogP contribution is 2.43. The predicted molar refractivity (Wildman–Crippen MR) is 240 cm³/mol. The quantitative estimate of drug-likeness (QED) is 0.0614. The molecule has 366 valence electrons. The molecule has 0 bridgehead atoms. The summed E-state index contributed by atoms with van der Waals surface area (Å²) in [7, 11) is 0. The van der Waals surface area contributed by atoms with E-state index in [0.29, 0.717) is 70.6 Å². The lowest BCUT2D eigenvalue weighted by Crippen LogP contribution is -2.64. The van der Waals surface area contributed by atoms with Crippen LogP contribution in [0.4, 0.5) is 0 Å². The molecule has 0 amide bonds. The van der Waals surface area contributed by atoms with Crippen molar-refractivity contribution < 1.29 is 58.1 Å². The Hall–Kier alpha value is -2.24. The van der Waals surface area contributed by atoms with Crippen LogP contribution in [0, 0.1) is 0 Å². The topological polar surface area (TPSA) is 174 Å². The van der Waals surface area contributed by atoms with Crippen molar-refractivity contribution in [2.45, 2.75) is 263 Å². The molecule has 0 saturated carbocycles. The number of rotatable bonds is 22. The highest BCUT2D eigenvalue weighted by molar-refractivity contribution is 5.75. The van der Waals surface area contributed by atoms with E-state index in [0.717, 1.165) is 0 Å². The molecule has 3 aliphatic heterocycles. The van der Waals surface area contributed by atoms with E-state index in [4.69, 9.17) is 28.7 Å². The van der Waals surface area contributed by atoms with Crippen LogP contribution < -0.4 is 0 Å². The van der Waals surface area contributed by atoms with E-state index >= 15 is 0 Å². The number of Topliss-reactive ketones (excluding diaryl/α,β-unsaturated/α-hetero) is 1. The van der Waals surface area contributed by atoms with E-state index in [9.17, 15) is 29.4 Å². The molecule has 0 radical (unpaired) electrons. The van der Waals surface area contributed by atoms with Crippen LogP contribution in [0.25, 0.3) is 0 Å². The highest BCUT2D eigenvalue weighted by Gasteiger charge is 2.51. The Morgan fingerprint density at radius 1 is 0.460 bits per heavy atom. The van der Waals surface area contributed by atoms with Gasteiger partial charge in [-0.25, -0.2) is 0 Å². The fourth-order valence-corrected chi connectivity index (χ4v) is 10.4. The first kappa shape index (κ1) is 55.1. The lowest BCUT2D eigenvalue weighted by Gasteiger charge is -2.54. The van der Waals surface area contributed by atoms with Crippen LogP contribution in [0.3, 0.4) is 0 Å². The Balaban J connectivity index is 1.43. The third-order valence-corrected chi connectivity index (χ3v) is 12.3. The predicted octanol–water partition coefficient (Wildman–Crippen LogP) is 7.71. The zero-order valence-electron chi connectivity index (χ0n) is 42.1. The van der Waals surface area contributed by atoms with Gasteiger partial charge in [0.05, 0.1) is 25.4 Å². The number of hydrogen-bond acceptors (Lipinski definition) is 15. The van der Waals surface area contributed by atoms with Gasteiger partial charge >= 0.3 is 17.9 Å². The summed E-state index contributed by atoms with van der Waals surface area (Å²) in [5.74, 6) is -0.714. The number of hydrogen-bond donors (Lipinski definition) is 2. The number of ether oxygens (including phenoxy) is 3. The van der Waals surface area contributed by atoms with Crippen LogP contribution in [0.5, 0.6) is 0 Å². The van der Waals surface area contributed by atoms with Crippen molar-refractivity contribution in [3.05, 3.63) is 0 Å². The minimum atomic E-state index is -1.35. The molecular formula is C48H87N3O12. The second-order valence-electron chi connectivity index (χ2n) is 23.6. The molecule has 1 unspecified atom stereocenters. The third-order valence-electron chi connectivity index (χ3n) is 12.3. The minimum absolute atomic E-state index is 0.0247. The fourth-order valence-electron chi connectivity index (χ4n) is 10.4. The molecule has 1 atom stereocenters. The normalized spacial score (nSPS) is 24.0. The summed E-state index contributed by atoms with van der Waals surface area (Å²) in [6.45, 7) is 31.3. The van der Waals surface area contributed by atoms with Gasteiger partial charge in [0.2, 0.25) is 0 Å². The molecule has 3 saturated heterocycles. The standard InChI is InChI=1S/C48H87N3O12/c1-34(52)21-17-18-22-38(53)61-36-27-43(6,7)50(44(8,9)28-36)59-32-48(16,57)33-60-51-45(10,11)29-37(30-46(51,12)13)63-40(55)24-20-19-23-39(54)62-35-25-41(2,3)49(42(4,5)26-35)58-31-47(14,15)56/h35-37,56-57H,17-33H2,1-16H3. The molecule has 0 aliphatic carbocycles. The summed E-state index contributed by atoms with van der Waals surface area (Å²) < 4.78 is 17.8. The van der Waals surface area contributed by atoms with Gasteiger partial charge in [-0.2, -0.15) is 15.2 Å². The Morgan fingerprint density at radius 2 is 0.698 bits per heavy atom. The number of unbranched alkanes of at least 4 members (excludes halogenated alkanes) is 2. The number of carbonyl (C=O) groups excluding carboxylic acids is 4. The maximum absolute atomic E-state index is 13.1. The van der Waals surface area contributed by atoms with Gasteiger partial charge in [-0.05, 0) is 136 Å². The van der Waals surface area contributed by atoms with Crippen LogP contribution in [-0.2, 0) is 47.9 Å². The van der Waals surface area contributed by atoms with E-state index < -0.39 is 44.4 Å². The summed E-state index contributed by atoms with van der Waals surface area (Å²) in [6.07, 6.45) is 5.96. The lowest BCUT2D eigenvalue weighted by atomic mass is 9.80. The van der Waals surface area contributed by atoms with Gasteiger partial charge in [0.1, 0.15) is 29.7 Å². The van der Waals surface area contributed by atoms with Crippen LogP contribution in [-0.4, -0.2) is 132 Å². The number of piperidine rings is 3. The second-order valence-corrected chi connectivity index (χ2v) is 23.6. The molecule has 3 aliphatic rings. The lowest BCUT2D eigenvalue weighted by molar-refractivity contribution is -0.333. The average molecular weight is 898 g/mol. The number of aliphatic hydroxyl groups is 2. The maximum atomic E-state index is 13.1. The van der Waals surface area contributed by atoms with Crippen molar-refractivity contribution in [3.63, 3.8) is 0 Å². The largest absolute Gasteiger partial charge is 0.462 e. The van der Waals surface area contributed by atoms with Gasteiger partial charge in [-0.1, -0.05) is 0 Å². The monoisotopic (exact) mass is 898 g/mol. The number of carbonyl (C=O) groups is 4. The first-order valence-electron chi connectivity index (χ1n) is 23.4.